The van der Waals surface area contributed by atoms with Crippen molar-refractivity contribution < 1.29 is 4.74 Å². The molecule has 0 radical (unpaired) electrons. The van der Waals surface area contributed by atoms with Crippen molar-refractivity contribution in [2.24, 2.45) is 0 Å². The highest BCUT2D eigenvalue weighted by Gasteiger charge is 2.23. The lowest BCUT2D eigenvalue weighted by atomic mass is 10.1. The number of terminal acetylenes is 1. The molecule has 5 nitrogen and oxygen atoms in total. The maximum Gasteiger partial charge on any atom is 0.158 e. The van der Waals surface area contributed by atoms with E-state index < -0.39 is 0 Å². The van der Waals surface area contributed by atoms with Gasteiger partial charge in [-0.2, -0.15) is 0 Å². The first-order valence-corrected chi connectivity index (χ1v) is 10.4. The lowest BCUT2D eigenvalue weighted by molar-refractivity contribution is 0.178. The van der Waals surface area contributed by atoms with Crippen molar-refractivity contribution in [3.05, 3.63) is 41.5 Å². The molecular weight excluding hydrogens is 368 g/mol. The Morgan fingerprint density at radius 3 is 2.64 bits per heavy atom. The molecule has 1 fully saturated rings. The van der Waals surface area contributed by atoms with E-state index in [0.717, 1.165) is 61.0 Å². The highest BCUT2D eigenvalue weighted by atomic mass is 32.1. The molecule has 0 aliphatic carbocycles. The van der Waals surface area contributed by atoms with E-state index in [0.29, 0.717) is 6.61 Å². The molecule has 1 aliphatic rings. The summed E-state index contributed by atoms with van der Waals surface area (Å²) >= 11 is 1.67. The third-order valence-electron chi connectivity index (χ3n) is 5.06. The highest BCUT2D eigenvalue weighted by Crippen LogP contribution is 2.38. The number of piperazine rings is 1. The molecule has 2 aromatic heterocycles. The van der Waals surface area contributed by atoms with E-state index in [9.17, 15) is 0 Å². The predicted octanol–water partition coefficient (Wildman–Crippen LogP) is 3.65. The molecule has 3 aromatic rings. The van der Waals surface area contributed by atoms with Gasteiger partial charge in [-0.15, -0.1) is 23.7 Å². The zero-order valence-corrected chi connectivity index (χ0v) is 16.9. The third-order valence-corrected chi connectivity index (χ3v) is 5.94. The molecule has 3 heterocycles. The molecule has 0 unspecified atom stereocenters. The molecule has 0 N–H and O–H groups in total. The number of aromatic nitrogens is 2. The standard InChI is InChI=1S/C22H24N4OS/c1-3-4-10-25-11-13-26(14-12-25)21-20-18(17-8-6-5-7-9-17)16-28-22(20)24-19(23-21)15-27-2/h1,5-9,16H,4,10-15H2,2H3. The number of fused-ring (bicyclic) bond motifs is 1. The fraction of sp³-hybridized carbons (Fsp3) is 0.364. The summed E-state index contributed by atoms with van der Waals surface area (Å²) in [6, 6.07) is 10.5. The minimum Gasteiger partial charge on any atom is -0.377 e. The molecule has 1 aromatic carbocycles. The van der Waals surface area contributed by atoms with Gasteiger partial charge in [0.05, 0.1) is 5.39 Å². The lowest BCUT2D eigenvalue weighted by Gasteiger charge is -2.35. The first-order valence-electron chi connectivity index (χ1n) is 9.53. The van der Waals surface area contributed by atoms with Crippen LogP contribution in [0, 0.1) is 12.3 Å². The molecule has 0 spiro atoms. The number of thiophene rings is 1. The van der Waals surface area contributed by atoms with Gasteiger partial charge in [0.1, 0.15) is 17.3 Å². The Kier molecular flexibility index (Phi) is 5.87. The molecule has 6 heteroatoms. The van der Waals surface area contributed by atoms with Crippen LogP contribution in [0.3, 0.4) is 0 Å². The largest absolute Gasteiger partial charge is 0.377 e. The Balaban J connectivity index is 1.71. The number of ether oxygens (including phenoxy) is 1. The number of hydrogen-bond donors (Lipinski definition) is 0. The number of anilines is 1. The molecule has 1 saturated heterocycles. The summed E-state index contributed by atoms with van der Waals surface area (Å²) in [6.45, 7) is 5.26. The van der Waals surface area contributed by atoms with Crippen LogP contribution < -0.4 is 4.90 Å². The minimum absolute atomic E-state index is 0.420. The second-order valence-electron chi connectivity index (χ2n) is 6.87. The fourth-order valence-corrected chi connectivity index (χ4v) is 4.59. The molecule has 0 saturated carbocycles. The summed E-state index contributed by atoms with van der Waals surface area (Å²) in [5.41, 5.74) is 2.40. The minimum atomic E-state index is 0.420. The van der Waals surface area contributed by atoms with Crippen molar-refractivity contribution in [3.63, 3.8) is 0 Å². The SMILES string of the molecule is C#CCCN1CCN(c2nc(COC)nc3scc(-c4ccccc4)c23)CC1. The number of methoxy groups -OCH3 is 1. The van der Waals surface area contributed by atoms with Gasteiger partial charge in [0.15, 0.2) is 5.82 Å². The molecule has 1 aliphatic heterocycles. The van der Waals surface area contributed by atoms with E-state index in [1.807, 2.05) is 6.07 Å². The Morgan fingerprint density at radius 2 is 1.93 bits per heavy atom. The summed E-state index contributed by atoms with van der Waals surface area (Å²) < 4.78 is 5.31. The third kappa shape index (κ3) is 3.88. The fourth-order valence-electron chi connectivity index (χ4n) is 3.63. The van der Waals surface area contributed by atoms with Gasteiger partial charge < -0.3 is 9.64 Å². The van der Waals surface area contributed by atoms with Crippen LogP contribution in [0.4, 0.5) is 5.82 Å². The Hall–Kier alpha value is -2.46. The van der Waals surface area contributed by atoms with Crippen molar-refractivity contribution in [3.8, 4) is 23.5 Å². The zero-order valence-electron chi connectivity index (χ0n) is 16.1. The van der Waals surface area contributed by atoms with Gasteiger partial charge >= 0.3 is 0 Å². The Bertz CT molecular complexity index is 971. The van der Waals surface area contributed by atoms with Gasteiger partial charge in [0, 0.05) is 57.2 Å². The van der Waals surface area contributed by atoms with Gasteiger partial charge in [-0.25, -0.2) is 9.97 Å². The molecular formula is C22H24N4OS. The average Bonchev–Trinajstić information content (AvgIpc) is 3.17. The molecule has 0 atom stereocenters. The quantitative estimate of drug-likeness (QED) is 0.599. The summed E-state index contributed by atoms with van der Waals surface area (Å²) in [5, 5.41) is 3.34. The van der Waals surface area contributed by atoms with Crippen LogP contribution in [0.1, 0.15) is 12.2 Å². The normalized spacial score (nSPS) is 15.1. The molecule has 4 rings (SSSR count). The van der Waals surface area contributed by atoms with Gasteiger partial charge in [0.2, 0.25) is 0 Å². The van der Waals surface area contributed by atoms with Crippen molar-refractivity contribution >= 4 is 27.4 Å². The van der Waals surface area contributed by atoms with Crippen LogP contribution in [-0.4, -0.2) is 54.7 Å². The van der Waals surface area contributed by atoms with E-state index >= 15 is 0 Å². The predicted molar refractivity (Wildman–Crippen MR) is 116 cm³/mol. The Morgan fingerprint density at radius 1 is 1.14 bits per heavy atom. The second-order valence-corrected chi connectivity index (χ2v) is 7.73. The van der Waals surface area contributed by atoms with Crippen molar-refractivity contribution in [1.82, 2.24) is 14.9 Å². The van der Waals surface area contributed by atoms with Crippen LogP contribution in [0.5, 0.6) is 0 Å². The maximum atomic E-state index is 5.42. The van der Waals surface area contributed by atoms with Crippen molar-refractivity contribution in [2.75, 3.05) is 44.7 Å². The number of nitrogens with zero attached hydrogens (tertiary/aromatic N) is 4. The van der Waals surface area contributed by atoms with E-state index in [2.05, 4.69) is 45.4 Å². The summed E-state index contributed by atoms with van der Waals surface area (Å²) in [5.74, 6) is 4.50. The number of rotatable bonds is 6. The van der Waals surface area contributed by atoms with Crippen molar-refractivity contribution in [2.45, 2.75) is 13.0 Å². The van der Waals surface area contributed by atoms with Gasteiger partial charge in [-0.05, 0) is 5.56 Å². The zero-order chi connectivity index (χ0) is 19.3. The summed E-state index contributed by atoms with van der Waals surface area (Å²) in [6.07, 6.45) is 6.22. The van der Waals surface area contributed by atoms with Crippen LogP contribution in [0.25, 0.3) is 21.3 Å². The summed E-state index contributed by atoms with van der Waals surface area (Å²) in [7, 11) is 1.68. The maximum absolute atomic E-state index is 5.42. The Labute approximate surface area is 170 Å². The monoisotopic (exact) mass is 392 g/mol. The summed E-state index contributed by atoms with van der Waals surface area (Å²) in [4.78, 5) is 15.5. The van der Waals surface area contributed by atoms with Crippen LogP contribution >= 0.6 is 11.3 Å². The number of hydrogen-bond acceptors (Lipinski definition) is 6. The van der Waals surface area contributed by atoms with E-state index in [4.69, 9.17) is 21.1 Å². The molecule has 144 valence electrons. The highest BCUT2D eigenvalue weighted by molar-refractivity contribution is 7.17. The van der Waals surface area contributed by atoms with Gasteiger partial charge in [-0.1, -0.05) is 30.3 Å². The molecule has 0 amide bonds. The average molecular weight is 393 g/mol. The van der Waals surface area contributed by atoms with Gasteiger partial charge in [-0.3, -0.25) is 4.90 Å². The van der Waals surface area contributed by atoms with E-state index in [-0.39, 0.29) is 0 Å². The topological polar surface area (TPSA) is 41.5 Å². The van der Waals surface area contributed by atoms with E-state index in [1.165, 1.54) is 11.1 Å². The number of benzene rings is 1. The first kappa shape index (κ1) is 18.9. The van der Waals surface area contributed by atoms with Crippen LogP contribution in [0.2, 0.25) is 0 Å². The van der Waals surface area contributed by atoms with E-state index in [1.54, 1.807) is 18.4 Å². The van der Waals surface area contributed by atoms with Crippen LogP contribution in [0.15, 0.2) is 35.7 Å². The lowest BCUT2D eigenvalue weighted by Crippen LogP contribution is -2.47. The first-order chi connectivity index (χ1) is 13.8. The molecule has 28 heavy (non-hydrogen) atoms. The van der Waals surface area contributed by atoms with Gasteiger partial charge in [0.25, 0.3) is 0 Å². The van der Waals surface area contributed by atoms with Crippen molar-refractivity contribution in [1.29, 1.82) is 0 Å². The second kappa shape index (κ2) is 8.70. The van der Waals surface area contributed by atoms with Crippen LogP contribution in [-0.2, 0) is 11.3 Å². The smallest absolute Gasteiger partial charge is 0.158 e. The molecule has 0 bridgehead atoms.